The Kier molecular flexibility index (Phi) is 7.41. The molecule has 3 amide bonds. The highest BCUT2D eigenvalue weighted by Gasteiger charge is 2.24. The molecule has 0 aromatic heterocycles. The van der Waals surface area contributed by atoms with Crippen LogP contribution >= 0.6 is 0 Å². The van der Waals surface area contributed by atoms with Crippen LogP contribution in [0.5, 0.6) is 0 Å². The number of carbonyl (C=O) groups is 3. The third-order valence-corrected chi connectivity index (χ3v) is 5.51. The molecule has 1 aliphatic rings. The van der Waals surface area contributed by atoms with Crippen molar-refractivity contribution in [3.8, 4) is 0 Å². The van der Waals surface area contributed by atoms with Crippen molar-refractivity contribution in [2.24, 2.45) is 0 Å². The number of aryl methyl sites for hydroxylation is 2. The number of hydrogen-bond acceptors (Lipinski definition) is 4. The maximum atomic E-state index is 12.6. The van der Waals surface area contributed by atoms with E-state index in [4.69, 9.17) is 0 Å². The molecule has 164 valence electrons. The fourth-order valence-electron chi connectivity index (χ4n) is 3.55. The van der Waals surface area contributed by atoms with Crippen LogP contribution in [0.1, 0.15) is 21.5 Å². The summed E-state index contributed by atoms with van der Waals surface area (Å²) in [5, 5.41) is 2.88. The first-order valence-electron chi connectivity index (χ1n) is 10.5. The zero-order valence-corrected chi connectivity index (χ0v) is 18.4. The highest BCUT2D eigenvalue weighted by molar-refractivity contribution is 5.95. The van der Waals surface area contributed by atoms with Gasteiger partial charge in [0.05, 0.1) is 13.1 Å². The molecule has 0 radical (unpaired) electrons. The number of nitrogens with zero attached hydrogens (tertiary/aromatic N) is 3. The first-order valence-corrected chi connectivity index (χ1v) is 10.5. The van der Waals surface area contributed by atoms with Crippen molar-refractivity contribution in [3.05, 3.63) is 65.2 Å². The molecular formula is C24H30N4O3. The van der Waals surface area contributed by atoms with Gasteiger partial charge < -0.3 is 15.1 Å². The number of piperazine rings is 1. The minimum atomic E-state index is -0.220. The summed E-state index contributed by atoms with van der Waals surface area (Å²) < 4.78 is 0. The van der Waals surface area contributed by atoms with E-state index < -0.39 is 0 Å². The van der Waals surface area contributed by atoms with E-state index in [0.29, 0.717) is 31.7 Å². The van der Waals surface area contributed by atoms with Crippen molar-refractivity contribution < 1.29 is 14.4 Å². The smallest absolute Gasteiger partial charge is 0.253 e. The number of carbonyl (C=O) groups excluding carboxylic acids is 3. The highest BCUT2D eigenvalue weighted by Crippen LogP contribution is 2.16. The highest BCUT2D eigenvalue weighted by atomic mass is 16.2. The second-order valence-electron chi connectivity index (χ2n) is 8.05. The van der Waals surface area contributed by atoms with Gasteiger partial charge in [-0.05, 0) is 43.2 Å². The summed E-state index contributed by atoms with van der Waals surface area (Å²) in [6.07, 6.45) is 0. The average Bonchev–Trinajstić information content (AvgIpc) is 2.76. The first kappa shape index (κ1) is 22.5. The molecule has 3 rings (SSSR count). The third-order valence-electron chi connectivity index (χ3n) is 5.51. The Morgan fingerprint density at radius 3 is 2.32 bits per heavy atom. The van der Waals surface area contributed by atoms with Crippen LogP contribution in [0.3, 0.4) is 0 Å². The van der Waals surface area contributed by atoms with Crippen molar-refractivity contribution >= 4 is 23.4 Å². The summed E-state index contributed by atoms with van der Waals surface area (Å²) in [5.41, 5.74) is 3.50. The van der Waals surface area contributed by atoms with Crippen LogP contribution in [-0.2, 0) is 9.59 Å². The predicted octanol–water partition coefficient (Wildman–Crippen LogP) is 2.16. The largest absolute Gasteiger partial charge is 0.336 e. The number of anilines is 1. The normalized spacial score (nSPS) is 14.2. The molecule has 1 saturated heterocycles. The molecule has 0 atom stereocenters. The predicted molar refractivity (Wildman–Crippen MR) is 121 cm³/mol. The fourth-order valence-corrected chi connectivity index (χ4v) is 3.55. The molecule has 0 saturated carbocycles. The lowest BCUT2D eigenvalue weighted by atomic mass is 10.1. The maximum Gasteiger partial charge on any atom is 0.253 e. The van der Waals surface area contributed by atoms with E-state index in [1.54, 1.807) is 7.05 Å². The van der Waals surface area contributed by atoms with E-state index in [0.717, 1.165) is 16.8 Å². The summed E-state index contributed by atoms with van der Waals surface area (Å²) in [5.74, 6) is -0.311. The van der Waals surface area contributed by atoms with Crippen molar-refractivity contribution in [1.82, 2.24) is 14.7 Å². The van der Waals surface area contributed by atoms with Crippen LogP contribution in [0.4, 0.5) is 5.69 Å². The molecule has 2 aromatic carbocycles. The second kappa shape index (κ2) is 10.2. The van der Waals surface area contributed by atoms with Gasteiger partial charge in [0.25, 0.3) is 5.91 Å². The van der Waals surface area contributed by atoms with E-state index >= 15 is 0 Å². The standard InChI is InChI=1S/C24H30N4O3/c1-18-9-10-19(2)21(15-18)25-22(29)16-26(3)23(30)17-27-11-13-28(14-12-27)24(31)20-7-5-4-6-8-20/h4-10,15H,11-14,16-17H2,1-3H3,(H,25,29). The van der Waals surface area contributed by atoms with Gasteiger partial charge in [0, 0.05) is 44.5 Å². The van der Waals surface area contributed by atoms with Crippen LogP contribution in [-0.4, -0.2) is 78.7 Å². The topological polar surface area (TPSA) is 73.0 Å². The van der Waals surface area contributed by atoms with Gasteiger partial charge >= 0.3 is 0 Å². The molecule has 0 spiro atoms. The molecule has 2 aromatic rings. The summed E-state index contributed by atoms with van der Waals surface area (Å²) >= 11 is 0. The van der Waals surface area contributed by atoms with Crippen LogP contribution in [0, 0.1) is 13.8 Å². The number of benzene rings is 2. The van der Waals surface area contributed by atoms with Crippen LogP contribution in [0.25, 0.3) is 0 Å². The SMILES string of the molecule is Cc1ccc(C)c(NC(=O)CN(C)C(=O)CN2CCN(C(=O)c3ccccc3)CC2)c1. The molecule has 1 fully saturated rings. The Morgan fingerprint density at radius 1 is 0.968 bits per heavy atom. The van der Waals surface area contributed by atoms with E-state index in [-0.39, 0.29) is 30.8 Å². The third kappa shape index (κ3) is 6.15. The Balaban J connectivity index is 1.44. The minimum absolute atomic E-state index is 0.00132. The molecular weight excluding hydrogens is 392 g/mol. The van der Waals surface area contributed by atoms with Gasteiger partial charge in [0.2, 0.25) is 11.8 Å². The molecule has 31 heavy (non-hydrogen) atoms. The Morgan fingerprint density at radius 2 is 1.65 bits per heavy atom. The quantitative estimate of drug-likeness (QED) is 0.774. The summed E-state index contributed by atoms with van der Waals surface area (Å²) in [6, 6.07) is 15.1. The van der Waals surface area contributed by atoms with Crippen molar-refractivity contribution in [1.29, 1.82) is 0 Å². The van der Waals surface area contributed by atoms with Crippen molar-refractivity contribution in [2.45, 2.75) is 13.8 Å². The minimum Gasteiger partial charge on any atom is -0.336 e. The molecule has 1 aliphatic heterocycles. The summed E-state index contributed by atoms with van der Waals surface area (Å²) in [7, 11) is 1.64. The Hall–Kier alpha value is -3.19. The van der Waals surface area contributed by atoms with Gasteiger partial charge in [0.1, 0.15) is 0 Å². The second-order valence-corrected chi connectivity index (χ2v) is 8.05. The van der Waals surface area contributed by atoms with E-state index in [2.05, 4.69) is 5.32 Å². The fraction of sp³-hybridized carbons (Fsp3) is 0.375. The first-order chi connectivity index (χ1) is 14.8. The average molecular weight is 423 g/mol. The van der Waals surface area contributed by atoms with Crippen LogP contribution in [0.2, 0.25) is 0 Å². The van der Waals surface area contributed by atoms with Crippen molar-refractivity contribution in [2.75, 3.05) is 51.6 Å². The van der Waals surface area contributed by atoms with E-state index in [9.17, 15) is 14.4 Å². The lowest BCUT2D eigenvalue weighted by Gasteiger charge is -2.35. The van der Waals surface area contributed by atoms with Gasteiger partial charge in [-0.3, -0.25) is 19.3 Å². The molecule has 1 heterocycles. The molecule has 7 nitrogen and oxygen atoms in total. The molecule has 0 aliphatic carbocycles. The summed E-state index contributed by atoms with van der Waals surface area (Å²) in [6.45, 7) is 6.57. The number of amides is 3. The number of likely N-dealkylation sites (N-methyl/N-ethyl adjacent to an activating group) is 1. The van der Waals surface area contributed by atoms with E-state index in [1.807, 2.05) is 72.2 Å². The maximum absolute atomic E-state index is 12.6. The lowest BCUT2D eigenvalue weighted by molar-refractivity contribution is -0.134. The van der Waals surface area contributed by atoms with E-state index in [1.165, 1.54) is 4.90 Å². The molecule has 1 N–H and O–H groups in total. The van der Waals surface area contributed by atoms with Gasteiger partial charge in [0.15, 0.2) is 0 Å². The molecule has 0 unspecified atom stereocenters. The van der Waals surface area contributed by atoms with Gasteiger partial charge in [-0.2, -0.15) is 0 Å². The Bertz CT molecular complexity index is 937. The number of hydrogen-bond donors (Lipinski definition) is 1. The zero-order valence-electron chi connectivity index (χ0n) is 18.4. The van der Waals surface area contributed by atoms with Crippen molar-refractivity contribution in [3.63, 3.8) is 0 Å². The van der Waals surface area contributed by atoms with Crippen LogP contribution in [0.15, 0.2) is 48.5 Å². The number of rotatable bonds is 6. The van der Waals surface area contributed by atoms with Gasteiger partial charge in [-0.1, -0.05) is 30.3 Å². The van der Waals surface area contributed by atoms with Gasteiger partial charge in [-0.15, -0.1) is 0 Å². The lowest BCUT2D eigenvalue weighted by Crippen LogP contribution is -2.51. The Labute approximate surface area is 183 Å². The van der Waals surface area contributed by atoms with Crippen LogP contribution < -0.4 is 5.32 Å². The summed E-state index contributed by atoms with van der Waals surface area (Å²) in [4.78, 5) is 42.8. The number of nitrogens with one attached hydrogen (secondary N) is 1. The van der Waals surface area contributed by atoms with Gasteiger partial charge in [-0.25, -0.2) is 0 Å². The molecule has 7 heteroatoms. The monoisotopic (exact) mass is 422 g/mol. The zero-order chi connectivity index (χ0) is 22.4. The molecule has 0 bridgehead atoms.